The van der Waals surface area contributed by atoms with Crippen LogP contribution in [0.15, 0.2) is 65.5 Å². The molecule has 0 amide bonds. The van der Waals surface area contributed by atoms with Crippen LogP contribution in [0.3, 0.4) is 0 Å². The summed E-state index contributed by atoms with van der Waals surface area (Å²) >= 11 is 6.33. The second-order valence-corrected chi connectivity index (χ2v) is 8.83. The Morgan fingerprint density at radius 1 is 1.00 bits per heavy atom. The number of hydrogen-bond acceptors (Lipinski definition) is 4. The zero-order valence-corrected chi connectivity index (χ0v) is 19.4. The number of aromatic hydroxyl groups is 1. The first-order valence-corrected chi connectivity index (χ1v) is 11.5. The van der Waals surface area contributed by atoms with Crippen LogP contribution in [-0.4, -0.2) is 52.2 Å². The highest BCUT2D eigenvalue weighted by molar-refractivity contribution is 6.30. The van der Waals surface area contributed by atoms with E-state index >= 15 is 0 Å². The monoisotopic (exact) mass is 451 g/mol. The number of rotatable bonds is 6. The summed E-state index contributed by atoms with van der Waals surface area (Å²) in [5, 5.41) is 11.6. The average Bonchev–Trinajstić information content (AvgIpc) is 2.80. The van der Waals surface area contributed by atoms with Crippen molar-refractivity contribution >= 4 is 11.6 Å². The molecule has 6 heteroatoms. The third kappa shape index (κ3) is 4.75. The summed E-state index contributed by atoms with van der Waals surface area (Å²) in [7, 11) is 0. The highest BCUT2D eigenvalue weighted by atomic mass is 35.5. The molecule has 2 aromatic carbocycles. The van der Waals surface area contributed by atoms with Gasteiger partial charge in [-0.2, -0.15) is 0 Å². The standard InChI is InChI=1S/C26H30ClN3O2/c1-3-28-12-14-29(15-13-28)25(21-10-7-11-22(27)17-21)24-23(31)16-19(2)30(26(24)32)18-20-8-5-4-6-9-20/h4-11,16-17,25,31H,3,12-15,18H2,1-2H3/t25-/m0/s1. The molecular weight excluding hydrogens is 422 g/mol. The third-order valence-corrected chi connectivity index (χ3v) is 6.60. The number of hydrogen-bond donors (Lipinski definition) is 1. The van der Waals surface area contributed by atoms with Crippen LogP contribution in [0.2, 0.25) is 5.02 Å². The molecule has 5 nitrogen and oxygen atoms in total. The lowest BCUT2D eigenvalue weighted by Crippen LogP contribution is -2.48. The van der Waals surface area contributed by atoms with Gasteiger partial charge in [0.25, 0.3) is 5.56 Å². The topological polar surface area (TPSA) is 48.7 Å². The number of aromatic nitrogens is 1. The van der Waals surface area contributed by atoms with Crippen LogP contribution in [0.25, 0.3) is 0 Å². The van der Waals surface area contributed by atoms with E-state index in [2.05, 4.69) is 16.7 Å². The van der Waals surface area contributed by atoms with Crippen molar-refractivity contribution in [2.75, 3.05) is 32.7 Å². The van der Waals surface area contributed by atoms with Crippen molar-refractivity contribution in [1.82, 2.24) is 14.4 Å². The highest BCUT2D eigenvalue weighted by Crippen LogP contribution is 2.34. The number of piperazine rings is 1. The van der Waals surface area contributed by atoms with Crippen LogP contribution < -0.4 is 5.56 Å². The van der Waals surface area contributed by atoms with Gasteiger partial charge < -0.3 is 14.6 Å². The Morgan fingerprint density at radius 2 is 1.72 bits per heavy atom. The molecule has 1 fully saturated rings. The molecule has 1 saturated heterocycles. The SMILES string of the molecule is CCN1CCN([C@@H](c2cccc(Cl)c2)c2c(O)cc(C)n(Cc3ccccc3)c2=O)CC1. The number of pyridine rings is 1. The van der Waals surface area contributed by atoms with Crippen LogP contribution in [-0.2, 0) is 6.54 Å². The second kappa shape index (κ2) is 9.90. The molecule has 4 rings (SSSR count). The first kappa shape index (κ1) is 22.6. The molecular formula is C26H30ClN3O2. The zero-order chi connectivity index (χ0) is 22.7. The van der Waals surface area contributed by atoms with E-state index < -0.39 is 0 Å². The minimum Gasteiger partial charge on any atom is -0.507 e. The molecule has 2 heterocycles. The summed E-state index contributed by atoms with van der Waals surface area (Å²) in [4.78, 5) is 18.5. The Labute approximate surface area is 194 Å². The Hall–Kier alpha value is -2.60. The maximum Gasteiger partial charge on any atom is 0.259 e. The molecule has 0 spiro atoms. The predicted octanol–water partition coefficient (Wildman–Crippen LogP) is 4.29. The van der Waals surface area contributed by atoms with E-state index in [0.717, 1.165) is 49.5 Å². The van der Waals surface area contributed by atoms with Gasteiger partial charge in [0.15, 0.2) is 0 Å². The summed E-state index contributed by atoms with van der Waals surface area (Å²) in [6.07, 6.45) is 0. The normalized spacial score (nSPS) is 16.2. The summed E-state index contributed by atoms with van der Waals surface area (Å²) in [6, 6.07) is 18.9. The van der Waals surface area contributed by atoms with Gasteiger partial charge in [0.05, 0.1) is 18.2 Å². The van der Waals surface area contributed by atoms with Crippen LogP contribution in [0.4, 0.5) is 0 Å². The molecule has 3 aromatic rings. The van der Waals surface area contributed by atoms with Gasteiger partial charge in [0.1, 0.15) is 5.75 Å². The van der Waals surface area contributed by atoms with Gasteiger partial charge in [0, 0.05) is 36.9 Å². The van der Waals surface area contributed by atoms with Gasteiger partial charge in [-0.3, -0.25) is 9.69 Å². The fraction of sp³-hybridized carbons (Fsp3) is 0.346. The van der Waals surface area contributed by atoms with Gasteiger partial charge >= 0.3 is 0 Å². The van der Waals surface area contributed by atoms with E-state index in [4.69, 9.17) is 11.6 Å². The van der Waals surface area contributed by atoms with E-state index in [1.807, 2.05) is 61.5 Å². The predicted molar refractivity (Wildman–Crippen MR) is 130 cm³/mol. The molecule has 1 N–H and O–H groups in total. The molecule has 0 radical (unpaired) electrons. The van der Waals surface area contributed by atoms with Crippen LogP contribution >= 0.6 is 11.6 Å². The minimum absolute atomic E-state index is 0.0414. The third-order valence-electron chi connectivity index (χ3n) is 6.36. The van der Waals surface area contributed by atoms with Crippen molar-refractivity contribution in [2.45, 2.75) is 26.4 Å². The Morgan fingerprint density at radius 3 is 2.38 bits per heavy atom. The first-order chi connectivity index (χ1) is 15.5. The van der Waals surface area contributed by atoms with Gasteiger partial charge in [-0.05, 0) is 42.8 Å². The molecule has 0 aliphatic carbocycles. The number of nitrogens with zero attached hydrogens (tertiary/aromatic N) is 3. The number of aryl methyl sites for hydroxylation is 1. The quantitative estimate of drug-likeness (QED) is 0.607. The largest absolute Gasteiger partial charge is 0.507 e. The molecule has 1 aliphatic rings. The van der Waals surface area contributed by atoms with Crippen molar-refractivity contribution < 1.29 is 5.11 Å². The molecule has 1 aromatic heterocycles. The fourth-order valence-corrected chi connectivity index (χ4v) is 4.76. The number of halogens is 1. The van der Waals surface area contributed by atoms with Crippen molar-refractivity contribution in [1.29, 1.82) is 0 Å². The molecule has 1 aliphatic heterocycles. The van der Waals surface area contributed by atoms with Gasteiger partial charge in [-0.15, -0.1) is 0 Å². The maximum absolute atomic E-state index is 13.8. The summed E-state index contributed by atoms with van der Waals surface area (Å²) < 4.78 is 1.75. The van der Waals surface area contributed by atoms with Crippen molar-refractivity contribution in [3.8, 4) is 5.75 Å². The molecule has 0 bridgehead atoms. The molecule has 0 unspecified atom stereocenters. The van der Waals surface area contributed by atoms with E-state index in [0.29, 0.717) is 17.1 Å². The first-order valence-electron chi connectivity index (χ1n) is 11.2. The smallest absolute Gasteiger partial charge is 0.259 e. The summed E-state index contributed by atoms with van der Waals surface area (Å²) in [6.45, 7) is 8.99. The lowest BCUT2D eigenvalue weighted by atomic mass is 9.96. The van der Waals surface area contributed by atoms with Crippen LogP contribution in [0, 0.1) is 6.92 Å². The van der Waals surface area contributed by atoms with Crippen molar-refractivity contribution in [2.24, 2.45) is 0 Å². The Balaban J connectivity index is 1.82. The second-order valence-electron chi connectivity index (χ2n) is 8.39. The van der Waals surface area contributed by atoms with Crippen molar-refractivity contribution in [3.63, 3.8) is 0 Å². The number of likely N-dealkylation sites (N-methyl/N-ethyl adjacent to an activating group) is 1. The van der Waals surface area contributed by atoms with E-state index in [-0.39, 0.29) is 17.4 Å². The average molecular weight is 452 g/mol. The van der Waals surface area contributed by atoms with Gasteiger partial charge in [-0.25, -0.2) is 0 Å². The van der Waals surface area contributed by atoms with E-state index in [1.165, 1.54) is 0 Å². The van der Waals surface area contributed by atoms with E-state index in [9.17, 15) is 9.90 Å². The summed E-state index contributed by atoms with van der Waals surface area (Å²) in [5.74, 6) is 0.0414. The fourth-order valence-electron chi connectivity index (χ4n) is 4.56. The molecule has 0 saturated carbocycles. The van der Waals surface area contributed by atoms with Crippen LogP contribution in [0.1, 0.15) is 35.3 Å². The van der Waals surface area contributed by atoms with E-state index in [1.54, 1.807) is 10.6 Å². The Bertz CT molecular complexity index is 1120. The lowest BCUT2D eigenvalue weighted by Gasteiger charge is -2.39. The van der Waals surface area contributed by atoms with Crippen LogP contribution in [0.5, 0.6) is 5.75 Å². The minimum atomic E-state index is -0.358. The molecule has 1 atom stereocenters. The maximum atomic E-state index is 13.8. The molecule has 32 heavy (non-hydrogen) atoms. The highest BCUT2D eigenvalue weighted by Gasteiger charge is 2.31. The van der Waals surface area contributed by atoms with Crippen molar-refractivity contribution in [3.05, 3.63) is 98.4 Å². The van der Waals surface area contributed by atoms with Gasteiger partial charge in [-0.1, -0.05) is 61.0 Å². The number of benzene rings is 2. The molecule has 168 valence electrons. The van der Waals surface area contributed by atoms with Gasteiger partial charge in [0.2, 0.25) is 0 Å². The lowest BCUT2D eigenvalue weighted by molar-refractivity contribution is 0.111. The zero-order valence-electron chi connectivity index (χ0n) is 18.7. The Kier molecular flexibility index (Phi) is 6.99. The summed E-state index contributed by atoms with van der Waals surface area (Å²) in [5.41, 5.74) is 2.96.